The molecule has 2 rings (SSSR count). The predicted octanol–water partition coefficient (Wildman–Crippen LogP) is 1.75. The number of anilines is 1. The average Bonchev–Trinajstić information content (AvgIpc) is 3.07. The molecule has 6 heteroatoms. The zero-order valence-electron chi connectivity index (χ0n) is 12.1. The van der Waals surface area contributed by atoms with Crippen LogP contribution in [-0.4, -0.2) is 42.5 Å². The summed E-state index contributed by atoms with van der Waals surface area (Å²) in [7, 11) is 0. The van der Waals surface area contributed by atoms with Gasteiger partial charge in [-0.2, -0.15) is 0 Å². The van der Waals surface area contributed by atoms with Crippen LogP contribution in [0, 0.1) is 0 Å². The van der Waals surface area contributed by atoms with Gasteiger partial charge in [-0.1, -0.05) is 12.0 Å². The molecule has 19 heavy (non-hydrogen) atoms. The molecule has 1 fully saturated rings. The highest BCUT2D eigenvalue weighted by Gasteiger charge is 2.22. The van der Waals surface area contributed by atoms with E-state index in [1.54, 1.807) is 0 Å². The number of ether oxygens (including phenoxy) is 1. The summed E-state index contributed by atoms with van der Waals surface area (Å²) in [6, 6.07) is 0.686. The van der Waals surface area contributed by atoms with Crippen molar-refractivity contribution in [3.8, 4) is 0 Å². The minimum Gasteiger partial charge on any atom is -0.406 e. The fraction of sp³-hybridized carbons (Fsp3) is 0.846. The molecule has 1 N–H and O–H groups in total. The SMILES string of the molecule is CCNC(C)c1nnc(N(CC)CC2CCCO2)o1. The molecule has 1 aromatic heterocycles. The minimum absolute atomic E-state index is 0.0905. The fourth-order valence-corrected chi connectivity index (χ4v) is 2.30. The van der Waals surface area contributed by atoms with Crippen molar-refractivity contribution >= 4 is 6.01 Å². The second kappa shape index (κ2) is 6.86. The maximum Gasteiger partial charge on any atom is 0.318 e. The Morgan fingerprint density at radius 3 is 2.89 bits per heavy atom. The Kier molecular flexibility index (Phi) is 5.15. The standard InChI is InChI=1S/C13H24N4O2/c1-4-14-10(3)12-15-16-13(19-12)17(5-2)9-11-7-6-8-18-11/h10-11,14H,4-9H2,1-3H3. The van der Waals surface area contributed by atoms with Crippen LogP contribution in [0.2, 0.25) is 0 Å². The van der Waals surface area contributed by atoms with E-state index in [2.05, 4.69) is 34.3 Å². The highest BCUT2D eigenvalue weighted by atomic mass is 16.5. The summed E-state index contributed by atoms with van der Waals surface area (Å²) < 4.78 is 11.4. The van der Waals surface area contributed by atoms with Crippen LogP contribution in [0.4, 0.5) is 6.01 Å². The molecule has 0 aliphatic carbocycles. The summed E-state index contributed by atoms with van der Waals surface area (Å²) in [5.41, 5.74) is 0. The Morgan fingerprint density at radius 2 is 2.26 bits per heavy atom. The van der Waals surface area contributed by atoms with Crippen molar-refractivity contribution in [2.45, 2.75) is 45.8 Å². The molecule has 2 unspecified atom stereocenters. The van der Waals surface area contributed by atoms with E-state index in [1.165, 1.54) is 0 Å². The van der Waals surface area contributed by atoms with E-state index in [9.17, 15) is 0 Å². The van der Waals surface area contributed by atoms with Gasteiger partial charge in [-0.3, -0.25) is 0 Å². The number of likely N-dealkylation sites (N-methyl/N-ethyl adjacent to an activating group) is 1. The summed E-state index contributed by atoms with van der Waals surface area (Å²) in [6.07, 6.45) is 2.56. The third kappa shape index (κ3) is 3.67. The third-order valence-corrected chi connectivity index (χ3v) is 3.41. The van der Waals surface area contributed by atoms with E-state index in [-0.39, 0.29) is 6.04 Å². The lowest BCUT2D eigenvalue weighted by Gasteiger charge is -2.21. The maximum absolute atomic E-state index is 5.75. The number of nitrogens with zero attached hydrogens (tertiary/aromatic N) is 3. The molecule has 0 radical (unpaired) electrons. The molecule has 0 saturated carbocycles. The van der Waals surface area contributed by atoms with E-state index >= 15 is 0 Å². The van der Waals surface area contributed by atoms with E-state index < -0.39 is 0 Å². The zero-order chi connectivity index (χ0) is 13.7. The van der Waals surface area contributed by atoms with Crippen LogP contribution >= 0.6 is 0 Å². The molecule has 1 aromatic rings. The van der Waals surface area contributed by atoms with Crippen molar-refractivity contribution in [3.05, 3.63) is 5.89 Å². The fourth-order valence-electron chi connectivity index (χ4n) is 2.30. The lowest BCUT2D eigenvalue weighted by Crippen LogP contribution is -2.32. The smallest absolute Gasteiger partial charge is 0.318 e. The zero-order valence-corrected chi connectivity index (χ0v) is 12.1. The number of nitrogens with one attached hydrogen (secondary N) is 1. The van der Waals surface area contributed by atoms with Gasteiger partial charge in [0.2, 0.25) is 5.89 Å². The largest absolute Gasteiger partial charge is 0.406 e. The Hall–Kier alpha value is -1.14. The summed E-state index contributed by atoms with van der Waals surface area (Å²) in [6.45, 7) is 9.60. The van der Waals surface area contributed by atoms with Crippen LogP contribution in [-0.2, 0) is 4.74 Å². The van der Waals surface area contributed by atoms with Gasteiger partial charge >= 0.3 is 6.01 Å². The molecule has 1 aliphatic heterocycles. The Balaban J connectivity index is 1.97. The number of hydrogen-bond acceptors (Lipinski definition) is 6. The summed E-state index contributed by atoms with van der Waals surface area (Å²) in [4.78, 5) is 2.09. The van der Waals surface area contributed by atoms with Gasteiger partial charge in [0.1, 0.15) is 0 Å². The highest BCUT2D eigenvalue weighted by Crippen LogP contribution is 2.20. The second-order valence-electron chi connectivity index (χ2n) is 4.88. The van der Waals surface area contributed by atoms with Crippen molar-refractivity contribution in [2.24, 2.45) is 0 Å². The molecule has 2 heterocycles. The van der Waals surface area contributed by atoms with E-state index in [1.807, 2.05) is 6.92 Å². The molecule has 0 aromatic carbocycles. The number of aromatic nitrogens is 2. The van der Waals surface area contributed by atoms with Gasteiger partial charge in [-0.15, -0.1) is 5.10 Å². The predicted molar refractivity (Wildman–Crippen MR) is 73.3 cm³/mol. The van der Waals surface area contributed by atoms with E-state index in [0.717, 1.165) is 39.1 Å². The number of rotatable bonds is 7. The van der Waals surface area contributed by atoms with Crippen molar-refractivity contribution < 1.29 is 9.15 Å². The summed E-state index contributed by atoms with van der Waals surface area (Å²) >= 11 is 0. The molecule has 6 nitrogen and oxygen atoms in total. The Labute approximate surface area is 114 Å². The van der Waals surface area contributed by atoms with Crippen molar-refractivity contribution in [1.29, 1.82) is 0 Å². The van der Waals surface area contributed by atoms with Crippen molar-refractivity contribution in [1.82, 2.24) is 15.5 Å². The number of hydrogen-bond donors (Lipinski definition) is 1. The van der Waals surface area contributed by atoms with Crippen molar-refractivity contribution in [3.63, 3.8) is 0 Å². The van der Waals surface area contributed by atoms with Crippen LogP contribution in [0.15, 0.2) is 4.42 Å². The quantitative estimate of drug-likeness (QED) is 0.812. The monoisotopic (exact) mass is 268 g/mol. The Morgan fingerprint density at radius 1 is 1.42 bits per heavy atom. The summed E-state index contributed by atoms with van der Waals surface area (Å²) in [5.74, 6) is 0.641. The highest BCUT2D eigenvalue weighted by molar-refractivity contribution is 5.24. The normalized spacial score (nSPS) is 20.7. The van der Waals surface area contributed by atoms with Gasteiger partial charge in [0.05, 0.1) is 12.1 Å². The van der Waals surface area contributed by atoms with Crippen molar-refractivity contribution in [2.75, 3.05) is 31.1 Å². The lowest BCUT2D eigenvalue weighted by molar-refractivity contribution is 0.115. The molecule has 0 spiro atoms. The van der Waals surface area contributed by atoms with Gasteiger partial charge in [0, 0.05) is 19.7 Å². The summed E-state index contributed by atoms with van der Waals surface area (Å²) in [5, 5.41) is 11.5. The first-order chi connectivity index (χ1) is 9.24. The Bertz CT molecular complexity index is 376. The van der Waals surface area contributed by atoms with E-state index in [4.69, 9.17) is 9.15 Å². The maximum atomic E-state index is 5.75. The minimum atomic E-state index is 0.0905. The average molecular weight is 268 g/mol. The molecular formula is C13H24N4O2. The molecule has 0 bridgehead atoms. The first kappa shape index (κ1) is 14.3. The second-order valence-corrected chi connectivity index (χ2v) is 4.88. The van der Waals surface area contributed by atoms with Gasteiger partial charge < -0.3 is 19.4 Å². The van der Waals surface area contributed by atoms with E-state index in [0.29, 0.717) is 18.0 Å². The molecule has 1 saturated heterocycles. The van der Waals surface area contributed by atoms with Gasteiger partial charge in [0.25, 0.3) is 0 Å². The molecule has 108 valence electrons. The third-order valence-electron chi connectivity index (χ3n) is 3.41. The van der Waals surface area contributed by atoms with Gasteiger partial charge in [0.15, 0.2) is 0 Å². The lowest BCUT2D eigenvalue weighted by atomic mass is 10.2. The molecule has 2 atom stereocenters. The first-order valence-electron chi connectivity index (χ1n) is 7.17. The van der Waals surface area contributed by atoms with Crippen LogP contribution in [0.3, 0.4) is 0 Å². The van der Waals surface area contributed by atoms with Crippen LogP contribution in [0.1, 0.15) is 45.5 Å². The van der Waals surface area contributed by atoms with Gasteiger partial charge in [-0.05, 0) is 33.2 Å². The molecule has 1 aliphatic rings. The molecule has 0 amide bonds. The van der Waals surface area contributed by atoms with Crippen LogP contribution < -0.4 is 10.2 Å². The topological polar surface area (TPSA) is 63.4 Å². The van der Waals surface area contributed by atoms with Crippen LogP contribution in [0.5, 0.6) is 0 Å². The first-order valence-corrected chi connectivity index (χ1v) is 7.17. The van der Waals surface area contributed by atoms with Gasteiger partial charge in [-0.25, -0.2) is 0 Å². The molecular weight excluding hydrogens is 244 g/mol. The van der Waals surface area contributed by atoms with Crippen LogP contribution in [0.25, 0.3) is 0 Å².